The highest BCUT2D eigenvalue weighted by Crippen LogP contribution is 2.21. The van der Waals surface area contributed by atoms with Gasteiger partial charge in [0.25, 0.3) is 0 Å². The minimum atomic E-state index is 0.246. The smallest absolute Gasteiger partial charge is 0.0478 e. The molecule has 1 aromatic carbocycles. The summed E-state index contributed by atoms with van der Waals surface area (Å²) in [5, 5.41) is 9.31. The van der Waals surface area contributed by atoms with Crippen LogP contribution in [0.4, 0.5) is 5.69 Å². The van der Waals surface area contributed by atoms with Crippen LogP contribution < -0.4 is 4.90 Å². The monoisotopic (exact) mass is 285 g/mol. The number of aliphatic hydroxyl groups is 1. The van der Waals surface area contributed by atoms with E-state index in [4.69, 9.17) is 0 Å². The molecule has 0 aliphatic heterocycles. The number of rotatable bonds is 5. The molecule has 1 rings (SSSR count). The molecule has 0 amide bonds. The highest BCUT2D eigenvalue weighted by molar-refractivity contribution is 9.10. The van der Waals surface area contributed by atoms with Crippen molar-refractivity contribution in [2.24, 2.45) is 11.8 Å². The molecule has 1 unspecified atom stereocenters. The molecule has 1 N–H and O–H groups in total. The number of aliphatic hydroxyl groups excluding tert-OH is 1. The van der Waals surface area contributed by atoms with Crippen LogP contribution >= 0.6 is 15.9 Å². The van der Waals surface area contributed by atoms with E-state index in [1.165, 1.54) is 5.69 Å². The summed E-state index contributed by atoms with van der Waals surface area (Å²) in [6, 6.07) is 8.22. The first-order chi connectivity index (χ1) is 7.54. The van der Waals surface area contributed by atoms with Crippen LogP contribution in [0.2, 0.25) is 0 Å². The lowest BCUT2D eigenvalue weighted by Gasteiger charge is -2.27. The average molecular weight is 286 g/mol. The highest BCUT2D eigenvalue weighted by Gasteiger charge is 2.14. The summed E-state index contributed by atoms with van der Waals surface area (Å²) in [5.41, 5.74) is 1.17. The van der Waals surface area contributed by atoms with E-state index >= 15 is 0 Å². The zero-order valence-electron chi connectivity index (χ0n) is 10.2. The number of benzene rings is 1. The van der Waals surface area contributed by atoms with Gasteiger partial charge in [-0.25, -0.2) is 0 Å². The minimum Gasteiger partial charge on any atom is -0.396 e. The number of hydrogen-bond acceptors (Lipinski definition) is 2. The summed E-state index contributed by atoms with van der Waals surface area (Å²) in [7, 11) is 2.06. The van der Waals surface area contributed by atoms with Crippen molar-refractivity contribution in [2.75, 3.05) is 25.1 Å². The van der Waals surface area contributed by atoms with Gasteiger partial charge in [-0.1, -0.05) is 35.8 Å². The molecule has 0 aliphatic carbocycles. The third kappa shape index (κ3) is 3.80. The van der Waals surface area contributed by atoms with Gasteiger partial charge in [-0.2, -0.15) is 0 Å². The molecule has 0 saturated heterocycles. The third-order valence-electron chi connectivity index (χ3n) is 2.93. The maximum atomic E-state index is 9.31. The lowest BCUT2D eigenvalue weighted by atomic mass is 9.96. The van der Waals surface area contributed by atoms with Crippen LogP contribution in [-0.4, -0.2) is 25.3 Å². The quantitative estimate of drug-likeness (QED) is 0.898. The fourth-order valence-electron chi connectivity index (χ4n) is 1.65. The van der Waals surface area contributed by atoms with Gasteiger partial charge in [0.2, 0.25) is 0 Å². The van der Waals surface area contributed by atoms with Crippen molar-refractivity contribution in [1.29, 1.82) is 0 Å². The Bertz CT molecular complexity index is 327. The number of halogens is 1. The van der Waals surface area contributed by atoms with Crippen molar-refractivity contribution in [1.82, 2.24) is 0 Å². The van der Waals surface area contributed by atoms with E-state index in [-0.39, 0.29) is 6.61 Å². The highest BCUT2D eigenvalue weighted by atomic mass is 79.9. The van der Waals surface area contributed by atoms with Gasteiger partial charge in [0.15, 0.2) is 0 Å². The second kappa shape index (κ2) is 6.26. The molecular formula is C13H20BrNO. The molecule has 2 nitrogen and oxygen atoms in total. The molecule has 0 spiro atoms. The van der Waals surface area contributed by atoms with Gasteiger partial charge in [-0.05, 0) is 24.1 Å². The first kappa shape index (κ1) is 13.5. The zero-order chi connectivity index (χ0) is 12.1. The Morgan fingerprint density at radius 3 is 2.56 bits per heavy atom. The fraction of sp³-hybridized carbons (Fsp3) is 0.538. The van der Waals surface area contributed by atoms with Crippen molar-refractivity contribution in [3.05, 3.63) is 28.7 Å². The summed E-state index contributed by atoms with van der Waals surface area (Å²) in [5.74, 6) is 0.823. The normalized spacial score (nSPS) is 12.9. The van der Waals surface area contributed by atoms with E-state index in [2.05, 4.69) is 53.9 Å². The van der Waals surface area contributed by atoms with Crippen LogP contribution in [0.1, 0.15) is 13.8 Å². The molecule has 0 bridgehead atoms. The van der Waals surface area contributed by atoms with Gasteiger partial charge >= 0.3 is 0 Å². The van der Waals surface area contributed by atoms with Gasteiger partial charge in [0.1, 0.15) is 0 Å². The van der Waals surface area contributed by atoms with Crippen LogP contribution in [0, 0.1) is 11.8 Å². The number of hydrogen-bond donors (Lipinski definition) is 1. The van der Waals surface area contributed by atoms with Gasteiger partial charge in [-0.15, -0.1) is 0 Å². The molecule has 3 heteroatoms. The molecular weight excluding hydrogens is 266 g/mol. The first-order valence-electron chi connectivity index (χ1n) is 5.62. The third-order valence-corrected chi connectivity index (χ3v) is 3.43. The van der Waals surface area contributed by atoms with E-state index in [9.17, 15) is 5.11 Å². The van der Waals surface area contributed by atoms with Crippen LogP contribution in [0.25, 0.3) is 0 Å². The molecule has 16 heavy (non-hydrogen) atoms. The Hall–Kier alpha value is -0.540. The summed E-state index contributed by atoms with van der Waals surface area (Å²) in [6.45, 7) is 5.42. The van der Waals surface area contributed by atoms with Crippen molar-refractivity contribution < 1.29 is 5.11 Å². The SMILES string of the molecule is CC(C)C(CO)CN(C)c1cccc(Br)c1. The summed E-state index contributed by atoms with van der Waals surface area (Å²) in [4.78, 5) is 2.19. The zero-order valence-corrected chi connectivity index (χ0v) is 11.7. The van der Waals surface area contributed by atoms with Crippen molar-refractivity contribution >= 4 is 21.6 Å². The maximum Gasteiger partial charge on any atom is 0.0478 e. The second-order valence-electron chi connectivity index (χ2n) is 4.55. The number of nitrogens with zero attached hydrogens (tertiary/aromatic N) is 1. The van der Waals surface area contributed by atoms with Crippen LogP contribution in [0.5, 0.6) is 0 Å². The molecule has 0 aromatic heterocycles. The maximum absolute atomic E-state index is 9.31. The van der Waals surface area contributed by atoms with E-state index < -0.39 is 0 Å². The Balaban J connectivity index is 2.67. The average Bonchev–Trinajstić information content (AvgIpc) is 2.25. The van der Waals surface area contributed by atoms with Crippen molar-refractivity contribution in [2.45, 2.75) is 13.8 Å². The van der Waals surface area contributed by atoms with Crippen LogP contribution in [0.15, 0.2) is 28.7 Å². The molecule has 0 radical (unpaired) electrons. The standard InChI is InChI=1S/C13H20BrNO/c1-10(2)11(9-16)8-15(3)13-6-4-5-12(14)7-13/h4-7,10-11,16H,8-9H2,1-3H3. The Labute approximate surface area is 106 Å². The first-order valence-corrected chi connectivity index (χ1v) is 6.41. The summed E-state index contributed by atoms with van der Waals surface area (Å²) >= 11 is 3.47. The molecule has 1 atom stereocenters. The van der Waals surface area contributed by atoms with Gasteiger partial charge in [0, 0.05) is 36.3 Å². The van der Waals surface area contributed by atoms with Gasteiger partial charge < -0.3 is 10.0 Å². The lowest BCUT2D eigenvalue weighted by molar-refractivity contribution is 0.193. The van der Waals surface area contributed by atoms with Crippen LogP contribution in [-0.2, 0) is 0 Å². The summed E-state index contributed by atoms with van der Waals surface area (Å²) < 4.78 is 1.09. The largest absolute Gasteiger partial charge is 0.396 e. The van der Waals surface area contributed by atoms with E-state index in [0.29, 0.717) is 11.8 Å². The molecule has 1 aromatic rings. The lowest BCUT2D eigenvalue weighted by Crippen LogP contribution is -2.30. The molecule has 0 aliphatic rings. The van der Waals surface area contributed by atoms with E-state index in [1.807, 2.05) is 12.1 Å². The topological polar surface area (TPSA) is 23.5 Å². The number of anilines is 1. The van der Waals surface area contributed by atoms with Crippen molar-refractivity contribution in [3.63, 3.8) is 0 Å². The minimum absolute atomic E-state index is 0.246. The van der Waals surface area contributed by atoms with Crippen LogP contribution in [0.3, 0.4) is 0 Å². The van der Waals surface area contributed by atoms with Gasteiger partial charge in [0.05, 0.1) is 0 Å². The van der Waals surface area contributed by atoms with E-state index in [0.717, 1.165) is 11.0 Å². The van der Waals surface area contributed by atoms with Gasteiger partial charge in [-0.3, -0.25) is 0 Å². The Morgan fingerprint density at radius 1 is 1.38 bits per heavy atom. The molecule has 0 heterocycles. The predicted molar refractivity (Wildman–Crippen MR) is 72.8 cm³/mol. The predicted octanol–water partition coefficient (Wildman–Crippen LogP) is 3.15. The Morgan fingerprint density at radius 2 is 2.06 bits per heavy atom. The summed E-state index contributed by atoms with van der Waals surface area (Å²) in [6.07, 6.45) is 0. The Kier molecular flexibility index (Phi) is 5.29. The molecule has 90 valence electrons. The second-order valence-corrected chi connectivity index (χ2v) is 5.46. The van der Waals surface area contributed by atoms with Crippen molar-refractivity contribution in [3.8, 4) is 0 Å². The van der Waals surface area contributed by atoms with E-state index in [1.54, 1.807) is 0 Å². The fourth-order valence-corrected chi connectivity index (χ4v) is 2.04. The molecule has 0 saturated carbocycles. The molecule has 0 fully saturated rings.